The van der Waals surface area contributed by atoms with Crippen molar-refractivity contribution in [2.75, 3.05) is 0 Å². The number of rotatable bonds is 13. The van der Waals surface area contributed by atoms with Crippen molar-refractivity contribution in [3.8, 4) is 0 Å². The van der Waals surface area contributed by atoms with Gasteiger partial charge >= 0.3 is 83.4 Å². The molecule has 31 heteroatoms. The molecule has 0 aliphatic heterocycles. The van der Waals surface area contributed by atoms with E-state index in [0.29, 0.717) is 0 Å². The topological polar surface area (TPSA) is 0 Å². The van der Waals surface area contributed by atoms with Gasteiger partial charge in [-0.1, -0.05) is 22.6 Å². The molecule has 1 unspecified atom stereocenters. The normalized spacial score (nSPS) is 17.7. The van der Waals surface area contributed by atoms with Crippen molar-refractivity contribution < 1.29 is 132 Å². The highest BCUT2D eigenvalue weighted by molar-refractivity contribution is 14.1. The molecule has 0 heterocycles. The summed E-state index contributed by atoms with van der Waals surface area (Å²) in [6.07, 6.45) is -20.4. The predicted molar refractivity (Wildman–Crippen MR) is 93.9 cm³/mol. The van der Waals surface area contributed by atoms with E-state index in [4.69, 9.17) is 0 Å². The second kappa shape index (κ2) is 11.3. The van der Waals surface area contributed by atoms with Crippen molar-refractivity contribution in [3.63, 3.8) is 0 Å². The summed E-state index contributed by atoms with van der Waals surface area (Å²) in [6.45, 7) is 0. The van der Waals surface area contributed by atoms with Crippen LogP contribution in [0.25, 0.3) is 0 Å². The smallest absolute Gasteiger partial charge is 0.200 e. The van der Waals surface area contributed by atoms with E-state index in [1.807, 2.05) is 0 Å². The average molecular weight is 892 g/mol. The van der Waals surface area contributed by atoms with E-state index in [-0.39, 0.29) is 0 Å². The maximum absolute atomic E-state index is 14.0. The largest absolute Gasteiger partial charge is 0.460 e. The zero-order chi connectivity index (χ0) is 39.3. The standard InChI is InChI=1S/C16H3F30I/c17-3(18,5(21,22)13(37,38)15(41,42)43)1-2(47)4(19,20)6(23,24)7(25,26)8(27,28)9(29,30)10(31,32)11(33,34)12(35,36)14(39,40)16(44,45)46/h2H,1H2. The van der Waals surface area contributed by atoms with Crippen LogP contribution in [0, 0.1) is 0 Å². The Hall–Kier alpha value is -1.37. The predicted octanol–water partition coefficient (Wildman–Crippen LogP) is 10.9. The van der Waals surface area contributed by atoms with Crippen LogP contribution in [0.5, 0.6) is 0 Å². The molecular formula is C16H3F30I. The molecule has 0 spiro atoms. The third kappa shape index (κ3) is 5.86. The Bertz CT molecular complexity index is 1120. The molecule has 1 atom stereocenters. The molecule has 0 aromatic rings. The van der Waals surface area contributed by atoms with Crippen molar-refractivity contribution in [3.05, 3.63) is 0 Å². The van der Waals surface area contributed by atoms with Crippen molar-refractivity contribution in [1.29, 1.82) is 0 Å². The zero-order valence-electron chi connectivity index (χ0n) is 20.0. The van der Waals surface area contributed by atoms with E-state index in [2.05, 4.69) is 0 Å². The first-order valence-electron chi connectivity index (χ1n) is 9.94. The van der Waals surface area contributed by atoms with Crippen LogP contribution in [-0.2, 0) is 0 Å². The molecule has 0 radical (unpaired) electrons. The number of hydrogen-bond donors (Lipinski definition) is 0. The van der Waals surface area contributed by atoms with Crippen molar-refractivity contribution in [2.45, 2.75) is 93.8 Å². The Morgan fingerprint density at radius 3 is 0.702 bits per heavy atom. The van der Waals surface area contributed by atoms with Crippen molar-refractivity contribution in [1.82, 2.24) is 0 Å². The molecule has 0 aliphatic carbocycles. The fourth-order valence-corrected chi connectivity index (χ4v) is 3.60. The van der Waals surface area contributed by atoms with Gasteiger partial charge in [0.2, 0.25) is 0 Å². The Morgan fingerprint density at radius 2 is 0.468 bits per heavy atom. The van der Waals surface area contributed by atoms with Crippen LogP contribution in [0.15, 0.2) is 0 Å². The molecule has 284 valence electrons. The summed E-state index contributed by atoms with van der Waals surface area (Å²) in [7, 11) is 0. The molecule has 0 N–H and O–H groups in total. The Morgan fingerprint density at radius 1 is 0.277 bits per heavy atom. The van der Waals surface area contributed by atoms with Crippen LogP contribution in [0.4, 0.5) is 132 Å². The first-order chi connectivity index (χ1) is 19.6. The molecular weight excluding hydrogens is 889 g/mol. The fourth-order valence-electron chi connectivity index (χ4n) is 2.66. The van der Waals surface area contributed by atoms with E-state index >= 15 is 0 Å². The zero-order valence-corrected chi connectivity index (χ0v) is 22.2. The van der Waals surface area contributed by atoms with Gasteiger partial charge in [0.15, 0.2) is 0 Å². The minimum Gasteiger partial charge on any atom is -0.200 e. The lowest BCUT2D eigenvalue weighted by atomic mass is 9.85. The second-order valence-electron chi connectivity index (χ2n) is 8.74. The van der Waals surface area contributed by atoms with E-state index in [1.165, 1.54) is 0 Å². The maximum atomic E-state index is 14.0. The molecule has 0 nitrogen and oxygen atoms in total. The van der Waals surface area contributed by atoms with E-state index < -0.39 is 116 Å². The molecule has 0 fully saturated rings. The lowest BCUT2D eigenvalue weighted by Gasteiger charge is -2.45. The molecule has 0 rings (SSSR count). The molecule has 0 bridgehead atoms. The second-order valence-corrected chi connectivity index (χ2v) is 10.2. The van der Waals surface area contributed by atoms with Crippen molar-refractivity contribution in [2.24, 2.45) is 0 Å². The van der Waals surface area contributed by atoms with Gasteiger partial charge in [-0.25, -0.2) is 0 Å². The monoisotopic (exact) mass is 892 g/mol. The Balaban J connectivity index is 7.17. The van der Waals surface area contributed by atoms with Gasteiger partial charge in [-0.05, 0) is 0 Å². The fraction of sp³-hybridized carbons (Fsp3) is 1.00. The highest BCUT2D eigenvalue weighted by atomic mass is 127. The summed E-state index contributed by atoms with van der Waals surface area (Å²) in [4.78, 5) is 0. The minimum atomic E-state index is -9.63. The van der Waals surface area contributed by atoms with Gasteiger partial charge < -0.3 is 0 Å². The van der Waals surface area contributed by atoms with Gasteiger partial charge in [0, 0.05) is 6.42 Å². The van der Waals surface area contributed by atoms with Crippen molar-refractivity contribution >= 4 is 22.6 Å². The molecule has 0 aromatic heterocycles. The SMILES string of the molecule is FC(F)(F)C(F)(F)C(F)(F)C(F)(F)CC(I)C(F)(F)C(F)(F)C(F)(F)C(F)(F)C(F)(F)C(F)(F)C(F)(F)C(F)(F)C(F)(F)C(F)(F)F. The summed E-state index contributed by atoms with van der Waals surface area (Å²) in [5, 5.41) is 0. The molecule has 47 heavy (non-hydrogen) atoms. The van der Waals surface area contributed by atoms with Gasteiger partial charge in [-0.15, -0.1) is 0 Å². The quantitative estimate of drug-likeness (QED) is 0.0982. The molecule has 0 amide bonds. The highest BCUT2D eigenvalue weighted by Gasteiger charge is 2.98. The lowest BCUT2D eigenvalue weighted by molar-refractivity contribution is -0.474. The summed E-state index contributed by atoms with van der Waals surface area (Å²) < 4.78 is 390. The van der Waals surface area contributed by atoms with E-state index in [9.17, 15) is 132 Å². The van der Waals surface area contributed by atoms with Crippen LogP contribution in [-0.4, -0.2) is 87.3 Å². The third-order valence-corrected chi connectivity index (χ3v) is 6.80. The summed E-state index contributed by atoms with van der Waals surface area (Å²) in [5.74, 6) is -106. The molecule has 0 aromatic carbocycles. The van der Waals surface area contributed by atoms with Gasteiger partial charge in [0.1, 0.15) is 0 Å². The minimum absolute atomic E-state index is 1.02. The van der Waals surface area contributed by atoms with Gasteiger partial charge in [-0.2, -0.15) is 132 Å². The van der Waals surface area contributed by atoms with Gasteiger partial charge in [-0.3, -0.25) is 0 Å². The first kappa shape index (κ1) is 45.6. The van der Waals surface area contributed by atoms with Crippen LogP contribution in [0.1, 0.15) is 6.42 Å². The number of halogens is 31. The maximum Gasteiger partial charge on any atom is 0.460 e. The highest BCUT2D eigenvalue weighted by Crippen LogP contribution is 2.67. The van der Waals surface area contributed by atoms with Crippen LogP contribution >= 0.6 is 22.6 Å². The molecule has 0 aliphatic rings. The summed E-state index contributed by atoms with van der Waals surface area (Å²) in [5.41, 5.74) is 0. The third-order valence-electron chi connectivity index (χ3n) is 5.57. The summed E-state index contributed by atoms with van der Waals surface area (Å²) in [6, 6.07) is 0. The average Bonchev–Trinajstić information content (AvgIpc) is 2.80. The van der Waals surface area contributed by atoms with E-state index in [1.54, 1.807) is 0 Å². The first-order valence-corrected chi connectivity index (χ1v) is 11.2. The van der Waals surface area contributed by atoms with Gasteiger partial charge in [0.05, 0.1) is 3.92 Å². The van der Waals surface area contributed by atoms with Crippen LogP contribution in [0.3, 0.4) is 0 Å². The van der Waals surface area contributed by atoms with Gasteiger partial charge in [0.25, 0.3) is 0 Å². The van der Waals surface area contributed by atoms with Crippen LogP contribution in [0.2, 0.25) is 0 Å². The number of alkyl halides is 31. The lowest BCUT2D eigenvalue weighted by Crippen LogP contribution is -2.77. The molecule has 0 saturated carbocycles. The Labute approximate surface area is 248 Å². The van der Waals surface area contributed by atoms with Crippen LogP contribution < -0.4 is 0 Å². The number of hydrogen-bond acceptors (Lipinski definition) is 0. The molecule has 0 saturated heterocycles. The summed E-state index contributed by atoms with van der Waals surface area (Å²) >= 11 is -1.02. The Kier molecular flexibility index (Phi) is 11.0. The van der Waals surface area contributed by atoms with E-state index in [0.717, 1.165) is 0 Å².